The molecule has 0 unspecified atom stereocenters. The van der Waals surface area contributed by atoms with E-state index >= 15 is 0 Å². The molecule has 0 radical (unpaired) electrons. The number of pyridine rings is 1. The second-order valence-corrected chi connectivity index (χ2v) is 10.9. The number of rotatable bonds is 6. The fourth-order valence-corrected chi connectivity index (χ4v) is 4.38. The Balaban J connectivity index is 1.73. The minimum absolute atomic E-state index is 0.0747. The highest BCUT2D eigenvalue weighted by atomic mass is 35.5. The van der Waals surface area contributed by atoms with Gasteiger partial charge in [-0.2, -0.15) is 0 Å². The van der Waals surface area contributed by atoms with Crippen molar-refractivity contribution >= 4 is 35.2 Å². The highest BCUT2D eigenvalue weighted by Crippen LogP contribution is 2.29. The summed E-state index contributed by atoms with van der Waals surface area (Å²) in [5.74, 6) is 0.0936. The van der Waals surface area contributed by atoms with Crippen LogP contribution >= 0.6 is 11.6 Å². The van der Waals surface area contributed by atoms with Crippen molar-refractivity contribution in [3.63, 3.8) is 0 Å². The van der Waals surface area contributed by atoms with E-state index in [9.17, 15) is 9.59 Å². The maximum atomic E-state index is 13.0. The van der Waals surface area contributed by atoms with E-state index < -0.39 is 17.2 Å². The Hall–Kier alpha value is -3.00. The molecule has 0 aliphatic heterocycles. The average molecular weight is 502 g/mol. The van der Waals surface area contributed by atoms with Crippen LogP contribution in [0.5, 0.6) is 0 Å². The Morgan fingerprint density at radius 1 is 1.06 bits per heavy atom. The predicted octanol–water partition coefficient (Wildman–Crippen LogP) is 5.23. The second-order valence-electron chi connectivity index (χ2n) is 10.5. The van der Waals surface area contributed by atoms with Crippen LogP contribution in [0.2, 0.25) is 5.02 Å². The summed E-state index contributed by atoms with van der Waals surface area (Å²) in [6.45, 7) is 9.32. The summed E-state index contributed by atoms with van der Waals surface area (Å²) in [6, 6.07) is 11.0. The molecule has 1 saturated carbocycles. The molecule has 0 bridgehead atoms. The Morgan fingerprint density at radius 3 is 2.31 bits per heavy atom. The molecule has 190 valence electrons. The average Bonchev–Trinajstić information content (AvgIpc) is 2.76. The van der Waals surface area contributed by atoms with E-state index in [0.717, 1.165) is 31.2 Å². The summed E-state index contributed by atoms with van der Waals surface area (Å²) in [7, 11) is 0. The number of hydrogen-bond donors (Lipinski definition) is 4. The van der Waals surface area contributed by atoms with Crippen molar-refractivity contribution in [2.24, 2.45) is 0 Å². The van der Waals surface area contributed by atoms with E-state index in [4.69, 9.17) is 22.1 Å². The number of halogens is 1. The normalized spacial score (nSPS) is 18.5. The van der Waals surface area contributed by atoms with Gasteiger partial charge in [-0.15, -0.1) is 0 Å². The fourth-order valence-electron chi connectivity index (χ4n) is 4.18. The highest BCUT2D eigenvalue weighted by Gasteiger charge is 2.30. The van der Waals surface area contributed by atoms with E-state index in [1.54, 1.807) is 0 Å². The summed E-state index contributed by atoms with van der Waals surface area (Å²) in [6.07, 6.45) is 3.18. The lowest BCUT2D eigenvalue weighted by Gasteiger charge is -2.34. The van der Waals surface area contributed by atoms with Gasteiger partial charge in [0.25, 0.3) is 5.91 Å². The van der Waals surface area contributed by atoms with Gasteiger partial charge >= 0.3 is 6.09 Å². The smallest absolute Gasteiger partial charge is 0.407 e. The van der Waals surface area contributed by atoms with E-state index in [-0.39, 0.29) is 34.4 Å². The predicted molar refractivity (Wildman–Crippen MR) is 140 cm³/mol. The van der Waals surface area contributed by atoms with Gasteiger partial charge in [0.05, 0.1) is 22.2 Å². The zero-order chi connectivity index (χ0) is 25.8. The Kier molecular flexibility index (Phi) is 8.15. The van der Waals surface area contributed by atoms with Gasteiger partial charge in [-0.05, 0) is 59.1 Å². The summed E-state index contributed by atoms with van der Waals surface area (Å²) in [5, 5.41) is 9.57. The van der Waals surface area contributed by atoms with Crippen LogP contribution in [-0.2, 0) is 10.3 Å². The van der Waals surface area contributed by atoms with Crippen molar-refractivity contribution in [1.82, 2.24) is 15.6 Å². The minimum atomic E-state index is -0.614. The highest BCUT2D eigenvalue weighted by molar-refractivity contribution is 6.33. The number of nitrogens with zero attached hydrogens (tertiary/aromatic N) is 1. The molecule has 0 saturated heterocycles. The number of carbonyl (C=O) groups excluding carboxylic acids is 2. The molecular formula is C26H36ClN5O3. The Bertz CT molecular complexity index is 1050. The molecule has 1 heterocycles. The SMILES string of the molecule is CC(C)(C)OC(=O)N[C@H]1CCCC[C@H]1Nc1nc(N)c(C(=O)NC(C)(C)c2ccccc2)cc1Cl. The standard InChI is InChI=1S/C26H36ClN5O3/c1-25(2,3)35-24(34)30-20-14-10-9-13-19(20)29-22-18(27)15-17(21(28)31-22)23(33)32-26(4,5)16-11-7-6-8-12-16/h6-8,11-12,15,19-20H,9-10,13-14H2,1-5H3,(H,30,34)(H,32,33)(H3,28,29,31)/t19-,20+/m1/s1. The monoisotopic (exact) mass is 501 g/mol. The number of alkyl carbamates (subject to hydrolysis) is 1. The number of nitrogens with two attached hydrogens (primary N) is 1. The molecule has 9 heteroatoms. The van der Waals surface area contributed by atoms with E-state index in [1.807, 2.05) is 65.0 Å². The fraction of sp³-hybridized carbons (Fsp3) is 0.500. The largest absolute Gasteiger partial charge is 0.444 e. The maximum absolute atomic E-state index is 13.0. The number of carbonyl (C=O) groups is 2. The lowest BCUT2D eigenvalue weighted by atomic mass is 9.90. The molecular weight excluding hydrogens is 466 g/mol. The molecule has 0 spiro atoms. The summed E-state index contributed by atoms with van der Waals surface area (Å²) in [4.78, 5) is 29.7. The van der Waals surface area contributed by atoms with Crippen molar-refractivity contribution in [3.05, 3.63) is 52.5 Å². The number of amides is 2. The van der Waals surface area contributed by atoms with Crippen molar-refractivity contribution in [3.8, 4) is 0 Å². The number of nitrogen functional groups attached to an aromatic ring is 1. The summed E-state index contributed by atoms with van der Waals surface area (Å²) in [5.41, 5.74) is 6.16. The first kappa shape index (κ1) is 26.6. The van der Waals surface area contributed by atoms with Crippen LogP contribution in [0.4, 0.5) is 16.4 Å². The molecule has 5 N–H and O–H groups in total. The maximum Gasteiger partial charge on any atom is 0.407 e. The van der Waals surface area contributed by atoms with E-state index in [2.05, 4.69) is 20.9 Å². The van der Waals surface area contributed by atoms with Crippen LogP contribution < -0.4 is 21.7 Å². The van der Waals surface area contributed by atoms with Crippen molar-refractivity contribution < 1.29 is 14.3 Å². The third kappa shape index (κ3) is 7.24. The van der Waals surface area contributed by atoms with Crippen molar-refractivity contribution in [2.45, 2.75) is 83.5 Å². The molecule has 35 heavy (non-hydrogen) atoms. The number of benzene rings is 1. The lowest BCUT2D eigenvalue weighted by molar-refractivity contribution is 0.0488. The molecule has 2 amide bonds. The number of hydrogen-bond acceptors (Lipinski definition) is 6. The number of nitrogens with one attached hydrogen (secondary N) is 3. The zero-order valence-corrected chi connectivity index (χ0v) is 21.8. The first-order chi connectivity index (χ1) is 16.4. The van der Waals surface area contributed by atoms with Gasteiger partial charge in [-0.25, -0.2) is 9.78 Å². The molecule has 1 aromatic carbocycles. The van der Waals surface area contributed by atoms with Gasteiger partial charge in [0.15, 0.2) is 0 Å². The molecule has 1 aliphatic rings. The molecule has 2 atom stereocenters. The van der Waals surface area contributed by atoms with Gasteiger partial charge in [0.2, 0.25) is 0 Å². The van der Waals surface area contributed by atoms with Crippen LogP contribution in [0.3, 0.4) is 0 Å². The first-order valence-corrected chi connectivity index (χ1v) is 12.3. The van der Waals surface area contributed by atoms with Crippen molar-refractivity contribution in [2.75, 3.05) is 11.1 Å². The number of anilines is 2. The topological polar surface area (TPSA) is 118 Å². The van der Waals surface area contributed by atoms with Gasteiger partial charge in [0, 0.05) is 6.04 Å². The Morgan fingerprint density at radius 2 is 1.69 bits per heavy atom. The van der Waals surface area contributed by atoms with Crippen LogP contribution in [0.25, 0.3) is 0 Å². The lowest BCUT2D eigenvalue weighted by Crippen LogP contribution is -2.50. The van der Waals surface area contributed by atoms with Gasteiger partial charge < -0.3 is 26.4 Å². The first-order valence-electron chi connectivity index (χ1n) is 12.0. The van der Waals surface area contributed by atoms with Crippen molar-refractivity contribution in [1.29, 1.82) is 0 Å². The Labute approximate surface area is 212 Å². The van der Waals surface area contributed by atoms with Gasteiger partial charge in [0.1, 0.15) is 17.2 Å². The molecule has 1 fully saturated rings. The third-order valence-electron chi connectivity index (χ3n) is 5.96. The zero-order valence-electron chi connectivity index (χ0n) is 21.1. The molecule has 1 aliphatic carbocycles. The molecule has 2 aromatic rings. The molecule has 3 rings (SSSR count). The van der Waals surface area contributed by atoms with E-state index in [0.29, 0.717) is 5.82 Å². The van der Waals surface area contributed by atoms with Crippen LogP contribution in [0.15, 0.2) is 36.4 Å². The molecule has 8 nitrogen and oxygen atoms in total. The summed E-state index contributed by atoms with van der Waals surface area (Å²) < 4.78 is 5.41. The van der Waals surface area contributed by atoms with Gasteiger partial charge in [-0.1, -0.05) is 54.8 Å². The van der Waals surface area contributed by atoms with Crippen LogP contribution in [0, 0.1) is 0 Å². The van der Waals surface area contributed by atoms with Crippen LogP contribution in [0.1, 0.15) is 76.2 Å². The third-order valence-corrected chi connectivity index (χ3v) is 6.25. The second kappa shape index (κ2) is 10.7. The number of aromatic nitrogens is 1. The molecule has 1 aromatic heterocycles. The number of ether oxygens (including phenoxy) is 1. The van der Waals surface area contributed by atoms with E-state index in [1.165, 1.54) is 6.07 Å². The quantitative estimate of drug-likeness (QED) is 0.430. The van der Waals surface area contributed by atoms with Crippen LogP contribution in [-0.4, -0.2) is 34.7 Å². The van der Waals surface area contributed by atoms with Gasteiger partial charge in [-0.3, -0.25) is 4.79 Å². The minimum Gasteiger partial charge on any atom is -0.444 e. The summed E-state index contributed by atoms with van der Waals surface area (Å²) >= 11 is 6.52.